The molecule has 3 nitrogen and oxygen atoms in total. The van der Waals surface area contributed by atoms with Crippen LogP contribution in [0.25, 0.3) is 0 Å². The standard InChI is InChI=1S/C13H19Cl2N3.HI/c1-3-5-17-13(16-2)18-6-4-10-7-11(14)9-12(15)8-10;/h7-9H,3-6H2,1-2H3,(H2,16,17,18);1H. The van der Waals surface area contributed by atoms with Gasteiger partial charge in [0.1, 0.15) is 0 Å². The molecule has 0 amide bonds. The Morgan fingerprint density at radius 2 is 1.68 bits per heavy atom. The van der Waals surface area contributed by atoms with Gasteiger partial charge in [0.2, 0.25) is 0 Å². The minimum absolute atomic E-state index is 0. The number of hydrogen-bond acceptors (Lipinski definition) is 1. The molecule has 6 heteroatoms. The summed E-state index contributed by atoms with van der Waals surface area (Å²) >= 11 is 11.9. The van der Waals surface area contributed by atoms with E-state index in [2.05, 4.69) is 22.5 Å². The average molecular weight is 416 g/mol. The van der Waals surface area contributed by atoms with Crippen LogP contribution >= 0.6 is 47.2 Å². The Hall–Kier alpha value is -0.200. The van der Waals surface area contributed by atoms with Crippen molar-refractivity contribution in [1.82, 2.24) is 10.6 Å². The molecule has 0 fully saturated rings. The molecular weight excluding hydrogens is 396 g/mol. The first kappa shape index (κ1) is 18.8. The Balaban J connectivity index is 0.00000324. The summed E-state index contributed by atoms with van der Waals surface area (Å²) in [5.74, 6) is 0.824. The zero-order valence-electron chi connectivity index (χ0n) is 11.2. The van der Waals surface area contributed by atoms with Crippen molar-refractivity contribution in [3.8, 4) is 0 Å². The smallest absolute Gasteiger partial charge is 0.190 e. The van der Waals surface area contributed by atoms with Gasteiger partial charge in [-0.3, -0.25) is 4.99 Å². The Morgan fingerprint density at radius 3 is 2.21 bits per heavy atom. The maximum absolute atomic E-state index is 5.95. The van der Waals surface area contributed by atoms with Crippen LogP contribution in [-0.2, 0) is 6.42 Å². The average Bonchev–Trinajstić information content (AvgIpc) is 2.32. The number of rotatable bonds is 5. The van der Waals surface area contributed by atoms with Crippen molar-refractivity contribution in [3.63, 3.8) is 0 Å². The van der Waals surface area contributed by atoms with Crippen molar-refractivity contribution in [2.75, 3.05) is 20.1 Å². The molecule has 0 aliphatic heterocycles. The number of aliphatic imine (C=N–C) groups is 1. The summed E-state index contributed by atoms with van der Waals surface area (Å²) in [7, 11) is 1.77. The first-order valence-electron chi connectivity index (χ1n) is 6.05. The molecule has 2 N–H and O–H groups in total. The molecule has 0 unspecified atom stereocenters. The monoisotopic (exact) mass is 415 g/mol. The Kier molecular flexibility index (Phi) is 10.5. The van der Waals surface area contributed by atoms with Gasteiger partial charge in [-0.1, -0.05) is 30.1 Å². The largest absolute Gasteiger partial charge is 0.356 e. The number of guanidine groups is 1. The van der Waals surface area contributed by atoms with Gasteiger partial charge in [0.25, 0.3) is 0 Å². The highest BCUT2D eigenvalue weighted by Crippen LogP contribution is 2.19. The van der Waals surface area contributed by atoms with E-state index in [1.54, 1.807) is 13.1 Å². The molecule has 0 aliphatic carbocycles. The van der Waals surface area contributed by atoms with E-state index in [-0.39, 0.29) is 24.0 Å². The maximum Gasteiger partial charge on any atom is 0.190 e. The van der Waals surface area contributed by atoms with Gasteiger partial charge in [-0.15, -0.1) is 24.0 Å². The van der Waals surface area contributed by atoms with Gasteiger partial charge in [-0.25, -0.2) is 0 Å². The van der Waals surface area contributed by atoms with Gasteiger partial charge >= 0.3 is 0 Å². The molecule has 0 heterocycles. The van der Waals surface area contributed by atoms with Crippen LogP contribution in [0.2, 0.25) is 10.0 Å². The molecule has 1 aromatic carbocycles. The van der Waals surface area contributed by atoms with Crippen molar-refractivity contribution in [2.24, 2.45) is 4.99 Å². The minimum atomic E-state index is 0. The van der Waals surface area contributed by atoms with Gasteiger partial charge < -0.3 is 10.6 Å². The highest BCUT2D eigenvalue weighted by Gasteiger charge is 2.00. The highest BCUT2D eigenvalue weighted by atomic mass is 127. The molecular formula is C13H20Cl2IN3. The molecule has 19 heavy (non-hydrogen) atoms. The second-order valence-electron chi connectivity index (χ2n) is 3.95. The van der Waals surface area contributed by atoms with E-state index >= 15 is 0 Å². The van der Waals surface area contributed by atoms with Crippen LogP contribution < -0.4 is 10.6 Å². The molecule has 0 aromatic heterocycles. The van der Waals surface area contributed by atoms with E-state index in [4.69, 9.17) is 23.2 Å². The second kappa shape index (κ2) is 10.6. The number of hydrogen-bond donors (Lipinski definition) is 2. The number of benzene rings is 1. The zero-order chi connectivity index (χ0) is 13.4. The molecule has 0 saturated carbocycles. The fraction of sp³-hybridized carbons (Fsp3) is 0.462. The van der Waals surface area contributed by atoms with Crippen LogP contribution in [0, 0.1) is 0 Å². The Bertz CT molecular complexity index is 391. The lowest BCUT2D eigenvalue weighted by Gasteiger charge is -2.11. The van der Waals surface area contributed by atoms with E-state index in [0.717, 1.165) is 37.5 Å². The second-order valence-corrected chi connectivity index (χ2v) is 4.83. The van der Waals surface area contributed by atoms with Gasteiger partial charge in [-0.05, 0) is 36.6 Å². The third kappa shape index (κ3) is 7.84. The highest BCUT2D eigenvalue weighted by molar-refractivity contribution is 14.0. The van der Waals surface area contributed by atoms with Crippen LogP contribution in [0.4, 0.5) is 0 Å². The summed E-state index contributed by atoms with van der Waals surface area (Å²) in [6.45, 7) is 3.83. The van der Waals surface area contributed by atoms with Crippen LogP contribution in [0.5, 0.6) is 0 Å². The molecule has 0 atom stereocenters. The summed E-state index contributed by atoms with van der Waals surface area (Å²) < 4.78 is 0. The first-order valence-corrected chi connectivity index (χ1v) is 6.80. The van der Waals surface area contributed by atoms with Crippen molar-refractivity contribution in [1.29, 1.82) is 0 Å². The maximum atomic E-state index is 5.95. The molecule has 1 aromatic rings. The predicted molar refractivity (Wildman–Crippen MR) is 95.2 cm³/mol. The fourth-order valence-electron chi connectivity index (χ4n) is 1.54. The molecule has 0 bridgehead atoms. The van der Waals surface area contributed by atoms with Gasteiger partial charge in [0, 0.05) is 30.2 Å². The lowest BCUT2D eigenvalue weighted by Crippen LogP contribution is -2.38. The molecule has 0 aliphatic rings. The quantitative estimate of drug-likeness (QED) is 0.436. The summed E-state index contributed by atoms with van der Waals surface area (Å²) in [5, 5.41) is 7.80. The third-order valence-corrected chi connectivity index (χ3v) is 2.83. The van der Waals surface area contributed by atoms with Crippen LogP contribution in [0.1, 0.15) is 18.9 Å². The minimum Gasteiger partial charge on any atom is -0.356 e. The summed E-state index contributed by atoms with van der Waals surface area (Å²) in [5.41, 5.74) is 1.12. The van der Waals surface area contributed by atoms with Gasteiger partial charge in [0.15, 0.2) is 5.96 Å². The Morgan fingerprint density at radius 1 is 1.11 bits per heavy atom. The van der Waals surface area contributed by atoms with E-state index < -0.39 is 0 Å². The van der Waals surface area contributed by atoms with Crippen LogP contribution in [0.3, 0.4) is 0 Å². The topological polar surface area (TPSA) is 36.4 Å². The van der Waals surface area contributed by atoms with Crippen LogP contribution in [0.15, 0.2) is 23.2 Å². The number of nitrogens with one attached hydrogen (secondary N) is 2. The van der Waals surface area contributed by atoms with Crippen molar-refractivity contribution >= 4 is 53.1 Å². The lowest BCUT2D eigenvalue weighted by atomic mass is 10.1. The molecule has 1 rings (SSSR count). The van der Waals surface area contributed by atoms with E-state index in [0.29, 0.717) is 10.0 Å². The predicted octanol–water partition coefficient (Wildman–Crippen LogP) is 3.73. The van der Waals surface area contributed by atoms with Crippen molar-refractivity contribution < 1.29 is 0 Å². The van der Waals surface area contributed by atoms with Gasteiger partial charge in [0.05, 0.1) is 0 Å². The first-order chi connectivity index (χ1) is 8.65. The molecule has 0 spiro atoms. The van der Waals surface area contributed by atoms with Crippen LogP contribution in [-0.4, -0.2) is 26.1 Å². The normalized spacial score (nSPS) is 10.8. The molecule has 0 radical (unpaired) electrons. The van der Waals surface area contributed by atoms with Gasteiger partial charge in [-0.2, -0.15) is 0 Å². The Labute approximate surface area is 142 Å². The zero-order valence-corrected chi connectivity index (χ0v) is 15.0. The molecule has 0 saturated heterocycles. The van der Waals surface area contributed by atoms with Crippen molar-refractivity contribution in [2.45, 2.75) is 19.8 Å². The number of halogens is 3. The fourth-order valence-corrected chi connectivity index (χ4v) is 2.12. The van der Waals surface area contributed by atoms with Crippen molar-refractivity contribution in [3.05, 3.63) is 33.8 Å². The number of nitrogens with zero attached hydrogens (tertiary/aromatic N) is 1. The molecule has 108 valence electrons. The lowest BCUT2D eigenvalue weighted by molar-refractivity contribution is 0.773. The van der Waals surface area contributed by atoms with E-state index in [9.17, 15) is 0 Å². The van der Waals surface area contributed by atoms with E-state index in [1.807, 2.05) is 12.1 Å². The van der Waals surface area contributed by atoms with E-state index in [1.165, 1.54) is 0 Å². The summed E-state index contributed by atoms with van der Waals surface area (Å²) in [6, 6.07) is 5.59. The summed E-state index contributed by atoms with van der Waals surface area (Å²) in [6.07, 6.45) is 1.93. The summed E-state index contributed by atoms with van der Waals surface area (Å²) in [4.78, 5) is 4.13. The SMILES string of the molecule is CCCNC(=NC)NCCc1cc(Cl)cc(Cl)c1.I. The third-order valence-electron chi connectivity index (χ3n) is 2.39.